The maximum Gasteiger partial charge on any atom is 0.251 e. The predicted molar refractivity (Wildman–Crippen MR) is 138 cm³/mol. The standard InChI is InChI=1S/C29H37N3O3/c1-2-25(33)19-30-20-27(34)32-16-15-22-14-13-21(18-31-29(35)24-11-7-4-8-12-24)17-26(22)28(32)23-9-5-3-6-10-23/h2,4,7-8,11-14,17,23,25,28,30,33H,1,3,5-6,9-10,15-16,18-20H2,(H,31,35)/t25-,28?/m1/s1. The second-order valence-electron chi connectivity index (χ2n) is 9.70. The van der Waals surface area contributed by atoms with Gasteiger partial charge in [0.2, 0.25) is 5.91 Å². The highest BCUT2D eigenvalue weighted by Gasteiger charge is 2.36. The van der Waals surface area contributed by atoms with Crippen LogP contribution in [0.4, 0.5) is 0 Å². The molecule has 2 amide bonds. The van der Waals surface area contributed by atoms with E-state index < -0.39 is 6.10 Å². The second kappa shape index (κ2) is 12.1. The molecule has 6 nitrogen and oxygen atoms in total. The third kappa shape index (κ3) is 6.38. The van der Waals surface area contributed by atoms with Crippen LogP contribution in [0.15, 0.2) is 61.2 Å². The zero-order valence-corrected chi connectivity index (χ0v) is 20.4. The van der Waals surface area contributed by atoms with E-state index in [1.165, 1.54) is 36.5 Å². The lowest BCUT2D eigenvalue weighted by atomic mass is 9.76. The Morgan fingerprint density at radius 3 is 2.63 bits per heavy atom. The van der Waals surface area contributed by atoms with Crippen molar-refractivity contribution >= 4 is 11.8 Å². The summed E-state index contributed by atoms with van der Waals surface area (Å²) in [6, 6.07) is 15.8. The van der Waals surface area contributed by atoms with Crippen LogP contribution in [0.2, 0.25) is 0 Å². The first-order valence-corrected chi connectivity index (χ1v) is 12.8. The number of hydrogen-bond acceptors (Lipinski definition) is 4. The number of fused-ring (bicyclic) bond motifs is 1. The molecule has 2 atom stereocenters. The summed E-state index contributed by atoms with van der Waals surface area (Å²) in [6.07, 6.45) is 7.57. The van der Waals surface area contributed by atoms with Crippen molar-refractivity contribution in [3.05, 3.63) is 83.4 Å². The summed E-state index contributed by atoms with van der Waals surface area (Å²) in [5.74, 6) is 0.432. The van der Waals surface area contributed by atoms with Crippen molar-refractivity contribution < 1.29 is 14.7 Å². The molecule has 2 aromatic rings. The Balaban J connectivity index is 1.51. The third-order valence-electron chi connectivity index (χ3n) is 7.29. The SMILES string of the molecule is C=C[C@@H](O)CNCC(=O)N1CCc2ccc(CNC(=O)c3ccccc3)cc2C1C1CCCCC1. The lowest BCUT2D eigenvalue weighted by Gasteiger charge is -2.43. The Morgan fingerprint density at radius 1 is 1.11 bits per heavy atom. The molecule has 186 valence electrons. The van der Waals surface area contributed by atoms with Crippen molar-refractivity contribution in [3.63, 3.8) is 0 Å². The van der Waals surface area contributed by atoms with Crippen molar-refractivity contribution in [3.8, 4) is 0 Å². The Hall–Kier alpha value is -2.96. The Kier molecular flexibility index (Phi) is 8.72. The van der Waals surface area contributed by atoms with Crippen LogP contribution in [0.1, 0.15) is 65.2 Å². The largest absolute Gasteiger partial charge is 0.388 e. The van der Waals surface area contributed by atoms with Gasteiger partial charge in [-0.25, -0.2) is 0 Å². The van der Waals surface area contributed by atoms with E-state index in [1.807, 2.05) is 30.3 Å². The molecule has 0 radical (unpaired) electrons. The lowest BCUT2D eigenvalue weighted by Crippen LogP contribution is -2.47. The van der Waals surface area contributed by atoms with E-state index in [2.05, 4.69) is 40.3 Å². The molecule has 0 bridgehead atoms. The molecule has 2 aromatic carbocycles. The van der Waals surface area contributed by atoms with Crippen molar-refractivity contribution in [2.24, 2.45) is 5.92 Å². The fourth-order valence-corrected chi connectivity index (χ4v) is 5.43. The minimum absolute atomic E-state index is 0.0578. The first-order valence-electron chi connectivity index (χ1n) is 12.8. The minimum Gasteiger partial charge on any atom is -0.388 e. The molecule has 0 saturated heterocycles. The van der Waals surface area contributed by atoms with Gasteiger partial charge < -0.3 is 20.6 Å². The van der Waals surface area contributed by atoms with E-state index in [-0.39, 0.29) is 24.4 Å². The van der Waals surface area contributed by atoms with Crippen LogP contribution in [0.3, 0.4) is 0 Å². The Morgan fingerprint density at radius 2 is 1.89 bits per heavy atom. The molecule has 1 saturated carbocycles. The van der Waals surface area contributed by atoms with Gasteiger partial charge in [-0.2, -0.15) is 0 Å². The summed E-state index contributed by atoms with van der Waals surface area (Å²) in [5.41, 5.74) is 4.23. The monoisotopic (exact) mass is 475 g/mol. The van der Waals surface area contributed by atoms with Crippen LogP contribution in [0, 0.1) is 5.92 Å². The van der Waals surface area contributed by atoms with Gasteiger partial charge in [-0.05, 0) is 54.0 Å². The van der Waals surface area contributed by atoms with Gasteiger partial charge in [0.05, 0.1) is 18.7 Å². The van der Waals surface area contributed by atoms with Gasteiger partial charge in [-0.15, -0.1) is 6.58 Å². The number of carbonyl (C=O) groups excluding carboxylic acids is 2. The number of hydrogen-bond donors (Lipinski definition) is 3. The average molecular weight is 476 g/mol. The fraction of sp³-hybridized carbons (Fsp3) is 0.448. The summed E-state index contributed by atoms with van der Waals surface area (Å²) in [4.78, 5) is 27.9. The first-order chi connectivity index (χ1) is 17.1. The number of rotatable bonds is 9. The van der Waals surface area contributed by atoms with Crippen LogP contribution < -0.4 is 10.6 Å². The highest BCUT2D eigenvalue weighted by molar-refractivity contribution is 5.94. The van der Waals surface area contributed by atoms with Crippen molar-refractivity contribution in [2.45, 2.75) is 57.2 Å². The van der Waals surface area contributed by atoms with Gasteiger partial charge in [-0.3, -0.25) is 9.59 Å². The normalized spacial score (nSPS) is 19.0. The summed E-state index contributed by atoms with van der Waals surface area (Å²) < 4.78 is 0. The molecule has 0 spiro atoms. The molecule has 6 heteroatoms. The summed E-state index contributed by atoms with van der Waals surface area (Å²) in [6.45, 7) is 5.27. The average Bonchev–Trinajstić information content (AvgIpc) is 2.91. The molecule has 1 fully saturated rings. The van der Waals surface area contributed by atoms with E-state index in [4.69, 9.17) is 0 Å². The third-order valence-corrected chi connectivity index (χ3v) is 7.29. The highest BCUT2D eigenvalue weighted by atomic mass is 16.3. The van der Waals surface area contributed by atoms with E-state index in [0.717, 1.165) is 24.8 Å². The maximum absolute atomic E-state index is 13.3. The number of amides is 2. The van der Waals surface area contributed by atoms with Gasteiger partial charge in [0.25, 0.3) is 5.91 Å². The summed E-state index contributed by atoms with van der Waals surface area (Å²) >= 11 is 0. The van der Waals surface area contributed by atoms with Crippen LogP contribution in [0.5, 0.6) is 0 Å². The molecule has 1 unspecified atom stereocenters. The number of aliphatic hydroxyl groups excluding tert-OH is 1. The predicted octanol–water partition coefficient (Wildman–Crippen LogP) is 3.76. The molecular weight excluding hydrogens is 438 g/mol. The molecule has 1 aliphatic carbocycles. The maximum atomic E-state index is 13.3. The fourth-order valence-electron chi connectivity index (χ4n) is 5.43. The van der Waals surface area contributed by atoms with Crippen LogP contribution >= 0.6 is 0 Å². The minimum atomic E-state index is -0.660. The zero-order chi connectivity index (χ0) is 24.6. The first kappa shape index (κ1) is 25.1. The quantitative estimate of drug-likeness (QED) is 0.483. The molecule has 4 rings (SSSR count). The number of nitrogens with zero attached hydrogens (tertiary/aromatic N) is 1. The van der Waals surface area contributed by atoms with Gasteiger partial charge in [0.15, 0.2) is 0 Å². The molecular formula is C29H37N3O3. The van der Waals surface area contributed by atoms with Crippen LogP contribution in [0.25, 0.3) is 0 Å². The molecule has 2 aliphatic rings. The smallest absolute Gasteiger partial charge is 0.251 e. The molecule has 3 N–H and O–H groups in total. The van der Waals surface area contributed by atoms with Crippen molar-refractivity contribution in [1.29, 1.82) is 0 Å². The van der Waals surface area contributed by atoms with Gasteiger partial charge in [-0.1, -0.05) is 61.7 Å². The van der Waals surface area contributed by atoms with Gasteiger partial charge in [0, 0.05) is 25.2 Å². The summed E-state index contributed by atoms with van der Waals surface area (Å²) in [7, 11) is 0. The van der Waals surface area contributed by atoms with E-state index in [1.54, 1.807) is 0 Å². The second-order valence-corrected chi connectivity index (χ2v) is 9.70. The van der Waals surface area contributed by atoms with E-state index >= 15 is 0 Å². The van der Waals surface area contributed by atoms with Gasteiger partial charge >= 0.3 is 0 Å². The summed E-state index contributed by atoms with van der Waals surface area (Å²) in [5, 5.41) is 15.8. The molecule has 35 heavy (non-hydrogen) atoms. The van der Waals surface area contributed by atoms with Crippen molar-refractivity contribution in [2.75, 3.05) is 19.6 Å². The molecule has 1 heterocycles. The van der Waals surface area contributed by atoms with E-state index in [9.17, 15) is 14.7 Å². The van der Waals surface area contributed by atoms with Crippen molar-refractivity contribution in [1.82, 2.24) is 15.5 Å². The molecule has 0 aromatic heterocycles. The molecule has 1 aliphatic heterocycles. The Bertz CT molecular complexity index is 1020. The topological polar surface area (TPSA) is 81.7 Å². The van der Waals surface area contributed by atoms with E-state index in [0.29, 0.717) is 31.1 Å². The number of aliphatic hydroxyl groups is 1. The number of carbonyl (C=O) groups is 2. The highest BCUT2D eigenvalue weighted by Crippen LogP contribution is 2.42. The lowest BCUT2D eigenvalue weighted by molar-refractivity contribution is -0.134. The van der Waals surface area contributed by atoms with Gasteiger partial charge in [0.1, 0.15) is 0 Å². The number of nitrogens with one attached hydrogen (secondary N) is 2. The van der Waals surface area contributed by atoms with Crippen LogP contribution in [-0.4, -0.2) is 47.6 Å². The van der Waals surface area contributed by atoms with Crippen LogP contribution in [-0.2, 0) is 17.8 Å². The zero-order valence-electron chi connectivity index (χ0n) is 20.4. The number of benzene rings is 2. The Labute approximate surface area is 208 Å².